The van der Waals surface area contributed by atoms with Crippen LogP contribution in [0.15, 0.2) is 29.3 Å². The van der Waals surface area contributed by atoms with Gasteiger partial charge < -0.3 is 10.2 Å². The molecule has 2 N–H and O–H groups in total. The Morgan fingerprint density at radius 3 is 2.59 bits per heavy atom. The summed E-state index contributed by atoms with van der Waals surface area (Å²) in [5, 5.41) is 22.5. The number of aliphatic carboxylic acids is 1. The number of aryl methyl sites for hydroxylation is 1. The Labute approximate surface area is 149 Å². The molecule has 0 aliphatic carbocycles. The molecule has 3 aromatic rings. The first-order chi connectivity index (χ1) is 12.6. The minimum absolute atomic E-state index is 0.0162. The second-order valence-electron chi connectivity index (χ2n) is 5.77. The molecule has 2 aromatic heterocycles. The van der Waals surface area contributed by atoms with Crippen LogP contribution in [0.5, 0.6) is 0 Å². The highest BCUT2D eigenvalue weighted by Crippen LogP contribution is 2.34. The summed E-state index contributed by atoms with van der Waals surface area (Å²) in [6.45, 7) is -1.34. The van der Waals surface area contributed by atoms with Crippen molar-refractivity contribution >= 4 is 17.0 Å². The number of carboxylic acids is 1. The van der Waals surface area contributed by atoms with E-state index in [1.165, 1.54) is 11.7 Å². The highest BCUT2D eigenvalue weighted by atomic mass is 19.4. The zero-order valence-electron chi connectivity index (χ0n) is 13.9. The number of halogens is 3. The summed E-state index contributed by atoms with van der Waals surface area (Å²) in [6, 6.07) is 2.72. The second kappa shape index (κ2) is 6.50. The molecule has 8 nitrogen and oxygen atoms in total. The lowest BCUT2D eigenvalue weighted by Crippen LogP contribution is -2.24. The molecule has 0 atom stereocenters. The van der Waals surface area contributed by atoms with Gasteiger partial charge >= 0.3 is 12.1 Å². The Balaban J connectivity index is 2.29. The van der Waals surface area contributed by atoms with E-state index in [1.54, 1.807) is 0 Å². The monoisotopic (exact) mass is 382 g/mol. The number of aliphatic hydroxyl groups is 1. The number of hydrogen-bond donors (Lipinski definition) is 2. The summed E-state index contributed by atoms with van der Waals surface area (Å²) in [5.41, 5.74) is -1.44. The third-order valence-corrected chi connectivity index (χ3v) is 3.97. The van der Waals surface area contributed by atoms with Crippen LogP contribution < -0.4 is 5.56 Å². The highest BCUT2D eigenvalue weighted by molar-refractivity contribution is 5.91. The Bertz CT molecular complexity index is 1100. The van der Waals surface area contributed by atoms with E-state index in [4.69, 9.17) is 5.11 Å². The standard InChI is InChI=1S/C16H13F3N4O4/c1-22-14-12(15(27)23(7-20-14)5-11(25)26)13(21-22)10-3-2-9(16(17,18)19)4-8(10)6-24/h2-4,7,24H,5-6H2,1H3,(H,25,26). The maximum atomic E-state index is 12.9. The van der Waals surface area contributed by atoms with Gasteiger partial charge in [0.05, 0.1) is 12.2 Å². The van der Waals surface area contributed by atoms with Gasteiger partial charge in [-0.1, -0.05) is 6.07 Å². The summed E-state index contributed by atoms with van der Waals surface area (Å²) in [7, 11) is 1.49. The topological polar surface area (TPSA) is 110 Å². The largest absolute Gasteiger partial charge is 0.480 e. The number of carbonyl (C=O) groups is 1. The molecule has 0 unspecified atom stereocenters. The number of alkyl halides is 3. The summed E-state index contributed by atoms with van der Waals surface area (Å²) in [5.74, 6) is -1.26. The number of aliphatic hydroxyl groups excluding tert-OH is 1. The van der Waals surface area contributed by atoms with Crippen LogP contribution in [0.4, 0.5) is 13.2 Å². The highest BCUT2D eigenvalue weighted by Gasteiger charge is 2.31. The predicted octanol–water partition coefficient (Wildman–Crippen LogP) is 1.39. The van der Waals surface area contributed by atoms with Crippen molar-refractivity contribution in [3.63, 3.8) is 0 Å². The van der Waals surface area contributed by atoms with Gasteiger partial charge in [0, 0.05) is 12.6 Å². The van der Waals surface area contributed by atoms with E-state index in [9.17, 15) is 27.9 Å². The molecule has 0 saturated carbocycles. The fraction of sp³-hybridized carbons (Fsp3) is 0.250. The third-order valence-electron chi connectivity index (χ3n) is 3.97. The molecule has 142 valence electrons. The van der Waals surface area contributed by atoms with Crippen LogP contribution in [-0.2, 0) is 31.2 Å². The van der Waals surface area contributed by atoms with E-state index < -0.39 is 36.4 Å². The molecule has 3 rings (SSSR count). The van der Waals surface area contributed by atoms with Crippen molar-refractivity contribution in [1.82, 2.24) is 19.3 Å². The van der Waals surface area contributed by atoms with E-state index in [0.29, 0.717) is 0 Å². The van der Waals surface area contributed by atoms with Crippen molar-refractivity contribution in [2.75, 3.05) is 0 Å². The van der Waals surface area contributed by atoms with E-state index >= 15 is 0 Å². The molecule has 0 amide bonds. The molecule has 2 heterocycles. The lowest BCUT2D eigenvalue weighted by molar-refractivity contribution is -0.138. The van der Waals surface area contributed by atoms with Gasteiger partial charge in [-0.15, -0.1) is 0 Å². The average Bonchev–Trinajstić information content (AvgIpc) is 2.93. The molecule has 11 heteroatoms. The first-order valence-corrected chi connectivity index (χ1v) is 7.58. The summed E-state index contributed by atoms with van der Waals surface area (Å²) in [4.78, 5) is 27.6. The molecular formula is C16H13F3N4O4. The van der Waals surface area contributed by atoms with E-state index in [0.717, 1.165) is 29.1 Å². The summed E-state index contributed by atoms with van der Waals surface area (Å²) in [6.07, 6.45) is -3.53. The molecule has 0 fully saturated rings. The molecule has 0 saturated heterocycles. The first-order valence-electron chi connectivity index (χ1n) is 7.58. The van der Waals surface area contributed by atoms with Gasteiger partial charge in [-0.2, -0.15) is 18.3 Å². The summed E-state index contributed by atoms with van der Waals surface area (Å²) >= 11 is 0. The fourth-order valence-corrected chi connectivity index (χ4v) is 2.76. The average molecular weight is 382 g/mol. The van der Waals surface area contributed by atoms with Crippen molar-refractivity contribution in [2.45, 2.75) is 19.3 Å². The van der Waals surface area contributed by atoms with Crippen molar-refractivity contribution in [1.29, 1.82) is 0 Å². The van der Waals surface area contributed by atoms with Gasteiger partial charge in [0.15, 0.2) is 5.65 Å². The number of nitrogens with zero attached hydrogens (tertiary/aromatic N) is 4. The van der Waals surface area contributed by atoms with Crippen LogP contribution in [0.25, 0.3) is 22.3 Å². The van der Waals surface area contributed by atoms with Crippen LogP contribution in [0.3, 0.4) is 0 Å². The minimum Gasteiger partial charge on any atom is -0.480 e. The van der Waals surface area contributed by atoms with E-state index in [2.05, 4.69) is 10.1 Å². The lowest BCUT2D eigenvalue weighted by atomic mass is 10.00. The molecule has 0 aliphatic heterocycles. The maximum Gasteiger partial charge on any atom is 0.416 e. The van der Waals surface area contributed by atoms with Gasteiger partial charge in [-0.05, 0) is 17.7 Å². The quantitative estimate of drug-likeness (QED) is 0.706. The van der Waals surface area contributed by atoms with Gasteiger partial charge in [-0.3, -0.25) is 14.2 Å². The Kier molecular flexibility index (Phi) is 4.47. The molecule has 0 radical (unpaired) electrons. The smallest absolute Gasteiger partial charge is 0.416 e. The van der Waals surface area contributed by atoms with Gasteiger partial charge in [-0.25, -0.2) is 9.67 Å². The first kappa shape index (κ1) is 18.6. The van der Waals surface area contributed by atoms with Crippen LogP contribution in [0, 0.1) is 0 Å². The zero-order valence-corrected chi connectivity index (χ0v) is 13.9. The van der Waals surface area contributed by atoms with Crippen LogP contribution >= 0.6 is 0 Å². The van der Waals surface area contributed by atoms with Crippen molar-refractivity contribution < 1.29 is 28.2 Å². The number of rotatable bonds is 4. The number of fused-ring (bicyclic) bond motifs is 1. The Hall–Kier alpha value is -3.21. The van der Waals surface area contributed by atoms with Crippen LogP contribution in [0.2, 0.25) is 0 Å². The number of hydrogen-bond acceptors (Lipinski definition) is 5. The Morgan fingerprint density at radius 1 is 1.30 bits per heavy atom. The molecule has 0 bridgehead atoms. The van der Waals surface area contributed by atoms with Crippen molar-refractivity contribution in [2.24, 2.45) is 7.05 Å². The fourth-order valence-electron chi connectivity index (χ4n) is 2.76. The molecule has 0 aliphatic rings. The van der Waals surface area contributed by atoms with Crippen molar-refractivity contribution in [3.8, 4) is 11.3 Å². The molecular weight excluding hydrogens is 369 g/mol. The SMILES string of the molecule is Cn1nc(-c2ccc(C(F)(F)F)cc2CO)c2c(=O)n(CC(=O)O)cnc21. The minimum atomic E-state index is -4.59. The summed E-state index contributed by atoms with van der Waals surface area (Å²) < 4.78 is 40.9. The van der Waals surface area contributed by atoms with E-state index in [1.807, 2.05) is 0 Å². The van der Waals surface area contributed by atoms with Gasteiger partial charge in [0.1, 0.15) is 24.0 Å². The molecule has 0 spiro atoms. The Morgan fingerprint density at radius 2 is 2.00 bits per heavy atom. The predicted molar refractivity (Wildman–Crippen MR) is 86.8 cm³/mol. The van der Waals surface area contributed by atoms with Gasteiger partial charge in [0.25, 0.3) is 5.56 Å². The van der Waals surface area contributed by atoms with Gasteiger partial charge in [0.2, 0.25) is 0 Å². The third kappa shape index (κ3) is 3.28. The number of benzene rings is 1. The van der Waals surface area contributed by atoms with Crippen LogP contribution in [0.1, 0.15) is 11.1 Å². The zero-order chi connectivity index (χ0) is 19.9. The number of aromatic nitrogens is 4. The normalized spacial score (nSPS) is 11.9. The molecule has 27 heavy (non-hydrogen) atoms. The van der Waals surface area contributed by atoms with Crippen molar-refractivity contribution in [3.05, 3.63) is 46.0 Å². The lowest BCUT2D eigenvalue weighted by Gasteiger charge is -2.11. The van der Waals surface area contributed by atoms with E-state index in [-0.39, 0.29) is 27.9 Å². The molecule has 1 aromatic carbocycles. The van der Waals surface area contributed by atoms with Crippen LogP contribution in [-0.4, -0.2) is 35.5 Å². The second-order valence-corrected chi connectivity index (χ2v) is 5.77. The maximum absolute atomic E-state index is 12.9. The number of carboxylic acid groups (broad SMARTS) is 1.